The van der Waals surface area contributed by atoms with Gasteiger partial charge in [-0.3, -0.25) is 9.78 Å². The second kappa shape index (κ2) is 5.38. The Balaban J connectivity index is 1.92. The van der Waals surface area contributed by atoms with E-state index in [1.54, 1.807) is 12.3 Å². The smallest absolute Gasteiger partial charge is 0.229 e. The van der Waals surface area contributed by atoms with Gasteiger partial charge in [-0.25, -0.2) is 0 Å². The Kier molecular flexibility index (Phi) is 3.59. The van der Waals surface area contributed by atoms with Crippen LogP contribution in [0.1, 0.15) is 6.92 Å². The Bertz CT molecular complexity index is 659. The summed E-state index contributed by atoms with van der Waals surface area (Å²) in [5, 5.41) is 7.73. The van der Waals surface area contributed by atoms with Crippen LogP contribution in [0, 0.1) is 11.8 Å². The van der Waals surface area contributed by atoms with Gasteiger partial charge in [0.25, 0.3) is 0 Å². The van der Waals surface area contributed by atoms with Crippen molar-refractivity contribution >= 4 is 34.1 Å². The molecule has 104 valence electrons. The molecule has 1 aromatic heterocycles. The lowest BCUT2D eigenvalue weighted by atomic mass is 9.97. The molecular weight excluding hydrogens is 274 g/mol. The molecule has 1 aromatic carbocycles. The highest BCUT2D eigenvalue weighted by Gasteiger charge is 2.29. The maximum absolute atomic E-state index is 12.4. The molecule has 1 aliphatic rings. The molecule has 4 nitrogen and oxygen atoms in total. The van der Waals surface area contributed by atoms with Gasteiger partial charge < -0.3 is 10.6 Å². The van der Waals surface area contributed by atoms with Crippen LogP contribution in [-0.4, -0.2) is 24.0 Å². The second-order valence-corrected chi connectivity index (χ2v) is 5.70. The molecular formula is C15H16ClN3O. The fourth-order valence-electron chi connectivity index (χ4n) is 2.64. The predicted octanol–water partition coefficient (Wildman–Crippen LogP) is 2.68. The standard InChI is InChI=1S/C15H16ClN3O/c1-9-7-17-8-12(9)15(20)19-13-6-11(16)5-10-3-2-4-18-14(10)13/h2-6,9,12,17H,7-8H2,1H3,(H,19,20)/t9-,12-/m1/s1. The highest BCUT2D eigenvalue weighted by atomic mass is 35.5. The van der Waals surface area contributed by atoms with Crippen LogP contribution in [0.4, 0.5) is 5.69 Å². The zero-order valence-electron chi connectivity index (χ0n) is 11.2. The number of halogens is 1. The van der Waals surface area contributed by atoms with Crippen molar-refractivity contribution in [3.05, 3.63) is 35.5 Å². The fourth-order valence-corrected chi connectivity index (χ4v) is 2.86. The summed E-state index contributed by atoms with van der Waals surface area (Å²) in [6.07, 6.45) is 1.71. The zero-order chi connectivity index (χ0) is 14.1. The van der Waals surface area contributed by atoms with Gasteiger partial charge in [-0.2, -0.15) is 0 Å². The lowest BCUT2D eigenvalue weighted by molar-refractivity contribution is -0.120. The van der Waals surface area contributed by atoms with Gasteiger partial charge in [0.15, 0.2) is 0 Å². The summed E-state index contributed by atoms with van der Waals surface area (Å²) in [6, 6.07) is 7.39. The topological polar surface area (TPSA) is 54.0 Å². The average molecular weight is 290 g/mol. The largest absolute Gasteiger partial charge is 0.324 e. The van der Waals surface area contributed by atoms with Crippen LogP contribution in [0.25, 0.3) is 10.9 Å². The van der Waals surface area contributed by atoms with E-state index in [1.807, 2.05) is 18.2 Å². The lowest BCUT2D eigenvalue weighted by Crippen LogP contribution is -2.28. The van der Waals surface area contributed by atoms with Crippen molar-refractivity contribution in [2.75, 3.05) is 18.4 Å². The second-order valence-electron chi connectivity index (χ2n) is 5.26. The van der Waals surface area contributed by atoms with Gasteiger partial charge in [-0.1, -0.05) is 24.6 Å². The number of carbonyl (C=O) groups excluding carboxylic acids is 1. The van der Waals surface area contributed by atoms with Crippen molar-refractivity contribution in [3.63, 3.8) is 0 Å². The number of hydrogen-bond acceptors (Lipinski definition) is 3. The lowest BCUT2D eigenvalue weighted by Gasteiger charge is -2.15. The Morgan fingerprint density at radius 3 is 3.05 bits per heavy atom. The molecule has 1 amide bonds. The zero-order valence-corrected chi connectivity index (χ0v) is 11.9. The minimum absolute atomic E-state index is 0.00672. The minimum atomic E-state index is -0.00672. The van der Waals surface area contributed by atoms with Gasteiger partial charge in [0, 0.05) is 23.2 Å². The maximum Gasteiger partial charge on any atom is 0.229 e. The van der Waals surface area contributed by atoms with E-state index in [9.17, 15) is 4.79 Å². The summed E-state index contributed by atoms with van der Waals surface area (Å²) in [4.78, 5) is 16.7. The van der Waals surface area contributed by atoms with Crippen molar-refractivity contribution in [1.29, 1.82) is 0 Å². The van der Waals surface area contributed by atoms with Crippen LogP contribution >= 0.6 is 11.6 Å². The van der Waals surface area contributed by atoms with Crippen LogP contribution in [0.3, 0.4) is 0 Å². The van der Waals surface area contributed by atoms with Crippen molar-refractivity contribution in [1.82, 2.24) is 10.3 Å². The number of hydrogen-bond donors (Lipinski definition) is 2. The molecule has 0 aliphatic carbocycles. The number of anilines is 1. The van der Waals surface area contributed by atoms with E-state index in [2.05, 4.69) is 22.5 Å². The first-order valence-corrected chi connectivity index (χ1v) is 7.09. The van der Waals surface area contributed by atoms with Crippen molar-refractivity contribution in [3.8, 4) is 0 Å². The number of aromatic nitrogens is 1. The molecule has 1 saturated heterocycles. The first-order chi connectivity index (χ1) is 9.65. The van der Waals surface area contributed by atoms with E-state index in [0.717, 1.165) is 24.0 Å². The number of nitrogens with one attached hydrogen (secondary N) is 2. The highest BCUT2D eigenvalue weighted by Crippen LogP contribution is 2.27. The van der Waals surface area contributed by atoms with Crippen LogP contribution in [0.5, 0.6) is 0 Å². The third-order valence-electron chi connectivity index (χ3n) is 3.78. The summed E-state index contributed by atoms with van der Waals surface area (Å²) in [7, 11) is 0. The van der Waals surface area contributed by atoms with Crippen LogP contribution in [0.2, 0.25) is 5.02 Å². The Labute approximate surface area is 122 Å². The number of amides is 1. The minimum Gasteiger partial charge on any atom is -0.324 e. The molecule has 0 bridgehead atoms. The summed E-state index contributed by atoms with van der Waals surface area (Å²) >= 11 is 6.10. The van der Waals surface area contributed by atoms with Crippen LogP contribution in [0.15, 0.2) is 30.5 Å². The van der Waals surface area contributed by atoms with Gasteiger partial charge in [0.05, 0.1) is 17.1 Å². The normalized spacial score (nSPS) is 22.1. The summed E-state index contributed by atoms with van der Waals surface area (Å²) < 4.78 is 0. The molecule has 5 heteroatoms. The van der Waals surface area contributed by atoms with Crippen molar-refractivity contribution < 1.29 is 4.79 Å². The third kappa shape index (κ3) is 2.49. The van der Waals surface area contributed by atoms with E-state index in [-0.39, 0.29) is 11.8 Å². The highest BCUT2D eigenvalue weighted by molar-refractivity contribution is 6.32. The van der Waals surface area contributed by atoms with Gasteiger partial charge in [-0.05, 0) is 30.7 Å². The molecule has 2 N–H and O–H groups in total. The number of benzene rings is 1. The quantitative estimate of drug-likeness (QED) is 0.894. The molecule has 0 unspecified atom stereocenters. The van der Waals surface area contributed by atoms with E-state index >= 15 is 0 Å². The van der Waals surface area contributed by atoms with Gasteiger partial charge in [0.2, 0.25) is 5.91 Å². The molecule has 0 saturated carbocycles. The Morgan fingerprint density at radius 1 is 1.45 bits per heavy atom. The van der Waals surface area contributed by atoms with Crippen molar-refractivity contribution in [2.24, 2.45) is 11.8 Å². The Hall–Kier alpha value is -1.65. The molecule has 0 spiro atoms. The van der Waals surface area contributed by atoms with Gasteiger partial charge in [0.1, 0.15) is 0 Å². The van der Waals surface area contributed by atoms with Crippen molar-refractivity contribution in [2.45, 2.75) is 6.92 Å². The molecule has 20 heavy (non-hydrogen) atoms. The molecule has 0 radical (unpaired) electrons. The monoisotopic (exact) mass is 289 g/mol. The van der Waals surface area contributed by atoms with Gasteiger partial charge in [-0.15, -0.1) is 0 Å². The summed E-state index contributed by atoms with van der Waals surface area (Å²) in [5.41, 5.74) is 1.45. The maximum atomic E-state index is 12.4. The summed E-state index contributed by atoms with van der Waals surface area (Å²) in [6.45, 7) is 3.68. The van der Waals surface area contributed by atoms with E-state index in [0.29, 0.717) is 16.6 Å². The number of carbonyl (C=O) groups is 1. The number of pyridine rings is 1. The number of nitrogens with zero attached hydrogens (tertiary/aromatic N) is 1. The average Bonchev–Trinajstić information content (AvgIpc) is 2.85. The Morgan fingerprint density at radius 2 is 2.30 bits per heavy atom. The molecule has 2 aromatic rings. The van der Waals surface area contributed by atoms with Crippen LogP contribution in [-0.2, 0) is 4.79 Å². The number of rotatable bonds is 2. The third-order valence-corrected chi connectivity index (χ3v) is 4.00. The molecule has 1 fully saturated rings. The van der Waals surface area contributed by atoms with E-state index in [1.165, 1.54) is 0 Å². The molecule has 2 heterocycles. The first-order valence-electron chi connectivity index (χ1n) is 6.71. The van der Waals surface area contributed by atoms with Gasteiger partial charge >= 0.3 is 0 Å². The van der Waals surface area contributed by atoms with E-state index < -0.39 is 0 Å². The fraction of sp³-hybridized carbons (Fsp3) is 0.333. The first kappa shape index (κ1) is 13.3. The molecule has 1 aliphatic heterocycles. The summed E-state index contributed by atoms with van der Waals surface area (Å²) in [5.74, 6) is 0.359. The SMILES string of the molecule is C[C@@H]1CNC[C@H]1C(=O)Nc1cc(Cl)cc2cccnc12. The predicted molar refractivity (Wildman–Crippen MR) is 80.9 cm³/mol. The molecule has 3 rings (SSSR count). The number of fused-ring (bicyclic) bond motifs is 1. The van der Waals surface area contributed by atoms with Crippen LogP contribution < -0.4 is 10.6 Å². The molecule has 2 atom stereocenters. The van der Waals surface area contributed by atoms with E-state index in [4.69, 9.17) is 11.6 Å².